The van der Waals surface area contributed by atoms with Crippen molar-refractivity contribution in [3.63, 3.8) is 0 Å². The van der Waals surface area contributed by atoms with Gasteiger partial charge in [-0.3, -0.25) is 9.36 Å². The molecule has 9 nitrogen and oxygen atoms in total. The maximum absolute atomic E-state index is 14.0. The molecule has 0 amide bonds. The molecule has 0 bridgehead atoms. The Morgan fingerprint density at radius 3 is 2.55 bits per heavy atom. The van der Waals surface area contributed by atoms with E-state index in [0.717, 1.165) is 5.56 Å². The molecule has 0 radical (unpaired) electrons. The van der Waals surface area contributed by atoms with E-state index in [-0.39, 0.29) is 18.8 Å². The number of esters is 1. The van der Waals surface area contributed by atoms with Gasteiger partial charge in [-0.15, -0.1) is 0 Å². The van der Waals surface area contributed by atoms with E-state index in [1.165, 1.54) is 15.9 Å². The number of fused-ring (bicyclic) bond motifs is 1. The van der Waals surface area contributed by atoms with Crippen LogP contribution in [0.4, 0.5) is 0 Å². The first-order chi connectivity index (χ1) is 21.4. The second-order valence-corrected chi connectivity index (χ2v) is 10.8. The first-order valence-corrected chi connectivity index (χ1v) is 14.9. The van der Waals surface area contributed by atoms with Crippen molar-refractivity contribution in [2.24, 2.45) is 4.99 Å². The number of hydrogen-bond acceptors (Lipinski definition) is 9. The lowest BCUT2D eigenvalue weighted by Gasteiger charge is -2.26. The molecule has 0 fully saturated rings. The molecule has 10 heteroatoms. The minimum atomic E-state index is -0.781. The normalized spacial score (nSPS) is 14.3. The Labute approximate surface area is 258 Å². The third kappa shape index (κ3) is 6.00. The van der Waals surface area contributed by atoms with E-state index in [0.29, 0.717) is 61.1 Å². The van der Waals surface area contributed by atoms with Gasteiger partial charge in [-0.25, -0.2) is 9.79 Å². The van der Waals surface area contributed by atoms with Gasteiger partial charge in [0, 0.05) is 11.1 Å². The highest BCUT2D eigenvalue weighted by atomic mass is 32.1. The summed E-state index contributed by atoms with van der Waals surface area (Å²) < 4.78 is 24.8. The fraction of sp³-hybridized carbons (Fsp3) is 0.235. The highest BCUT2D eigenvalue weighted by molar-refractivity contribution is 7.07. The van der Waals surface area contributed by atoms with Gasteiger partial charge in [-0.1, -0.05) is 53.8 Å². The average molecular weight is 610 g/mol. The molecule has 4 aromatic rings. The zero-order valence-corrected chi connectivity index (χ0v) is 25.6. The van der Waals surface area contributed by atoms with Crippen LogP contribution in [-0.2, 0) is 16.1 Å². The monoisotopic (exact) mass is 609 g/mol. The molecule has 0 saturated carbocycles. The van der Waals surface area contributed by atoms with Crippen molar-refractivity contribution >= 4 is 23.4 Å². The Morgan fingerprint density at radius 1 is 1.02 bits per heavy atom. The number of thiazole rings is 1. The summed E-state index contributed by atoms with van der Waals surface area (Å²) in [7, 11) is 1.54. The van der Waals surface area contributed by atoms with E-state index in [9.17, 15) is 14.9 Å². The van der Waals surface area contributed by atoms with Crippen LogP contribution in [-0.4, -0.2) is 30.9 Å². The van der Waals surface area contributed by atoms with E-state index >= 15 is 0 Å². The van der Waals surface area contributed by atoms with Gasteiger partial charge in [0.1, 0.15) is 18.4 Å². The Balaban J connectivity index is 1.57. The summed E-state index contributed by atoms with van der Waals surface area (Å²) in [6.45, 7) is 6.17. The number of aromatic nitrogens is 1. The van der Waals surface area contributed by atoms with Gasteiger partial charge in [0.15, 0.2) is 16.3 Å². The van der Waals surface area contributed by atoms with E-state index in [1.807, 2.05) is 49.4 Å². The second kappa shape index (κ2) is 13.4. The number of hydrogen-bond donors (Lipinski definition) is 0. The Morgan fingerprint density at radius 2 is 1.80 bits per heavy atom. The molecule has 44 heavy (non-hydrogen) atoms. The Bertz CT molecular complexity index is 1970. The molecular weight excluding hydrogens is 578 g/mol. The largest absolute Gasteiger partial charge is 0.494 e. The van der Waals surface area contributed by atoms with Crippen LogP contribution in [0.1, 0.15) is 49.1 Å². The Kier molecular flexibility index (Phi) is 9.26. The highest BCUT2D eigenvalue weighted by Gasteiger charge is 2.35. The summed E-state index contributed by atoms with van der Waals surface area (Å²) >= 11 is 1.23. The fourth-order valence-corrected chi connectivity index (χ4v) is 6.08. The molecular formula is C34H31N3O6S. The van der Waals surface area contributed by atoms with Crippen molar-refractivity contribution < 1.29 is 23.7 Å². The average Bonchev–Trinajstić information content (AvgIpc) is 3.33. The van der Waals surface area contributed by atoms with Gasteiger partial charge >= 0.3 is 5.97 Å². The first-order valence-electron chi connectivity index (χ1n) is 14.1. The van der Waals surface area contributed by atoms with Crippen LogP contribution < -0.4 is 29.1 Å². The second-order valence-electron chi connectivity index (χ2n) is 9.74. The number of methoxy groups -OCH3 is 1. The van der Waals surface area contributed by atoms with Crippen LogP contribution in [0.2, 0.25) is 0 Å². The SMILES string of the molecule is CCOC(=O)C1=C(C)N=c2s/c(=C\c3ccc(OCc4ccccc4C#N)c(OC)c3)c(=O)n2[C@H]1c1ccccc1OCC. The van der Waals surface area contributed by atoms with E-state index in [1.54, 1.807) is 51.3 Å². The zero-order chi connectivity index (χ0) is 31.2. The van der Waals surface area contributed by atoms with Gasteiger partial charge in [-0.05, 0) is 56.7 Å². The van der Waals surface area contributed by atoms with Crippen LogP contribution >= 0.6 is 11.3 Å². The third-order valence-electron chi connectivity index (χ3n) is 7.04. The number of para-hydroxylation sites is 1. The number of nitrogens with zero attached hydrogens (tertiary/aromatic N) is 3. The molecule has 5 rings (SSSR count). The lowest BCUT2D eigenvalue weighted by atomic mass is 9.95. The summed E-state index contributed by atoms with van der Waals surface area (Å²) in [5, 5.41) is 9.38. The summed E-state index contributed by atoms with van der Waals surface area (Å²) in [5.41, 5.74) is 3.16. The van der Waals surface area contributed by atoms with Crippen molar-refractivity contribution in [2.75, 3.05) is 20.3 Å². The van der Waals surface area contributed by atoms with Crippen molar-refractivity contribution in [2.45, 2.75) is 33.4 Å². The molecule has 1 aliphatic rings. The predicted octanol–water partition coefficient (Wildman–Crippen LogP) is 4.66. The molecule has 224 valence electrons. The van der Waals surface area contributed by atoms with Crippen molar-refractivity contribution in [3.8, 4) is 23.3 Å². The zero-order valence-electron chi connectivity index (χ0n) is 24.8. The lowest BCUT2D eigenvalue weighted by molar-refractivity contribution is -0.139. The fourth-order valence-electron chi connectivity index (χ4n) is 5.03. The molecule has 0 aliphatic carbocycles. The van der Waals surface area contributed by atoms with Crippen LogP contribution in [0.3, 0.4) is 0 Å². The van der Waals surface area contributed by atoms with Crippen molar-refractivity contribution in [1.29, 1.82) is 5.26 Å². The van der Waals surface area contributed by atoms with Crippen molar-refractivity contribution in [3.05, 3.63) is 120 Å². The summed E-state index contributed by atoms with van der Waals surface area (Å²) in [5.74, 6) is 1.02. The van der Waals surface area contributed by atoms with Gasteiger partial charge in [0.25, 0.3) is 5.56 Å². The minimum absolute atomic E-state index is 0.187. The van der Waals surface area contributed by atoms with E-state index in [4.69, 9.17) is 18.9 Å². The molecule has 2 heterocycles. The van der Waals surface area contributed by atoms with Crippen LogP contribution in [0.5, 0.6) is 17.2 Å². The molecule has 0 unspecified atom stereocenters. The summed E-state index contributed by atoms with van der Waals surface area (Å²) in [6.07, 6.45) is 1.76. The minimum Gasteiger partial charge on any atom is -0.494 e. The van der Waals surface area contributed by atoms with Crippen molar-refractivity contribution in [1.82, 2.24) is 4.57 Å². The first kappa shape index (κ1) is 30.3. The number of rotatable bonds is 10. The predicted molar refractivity (Wildman–Crippen MR) is 166 cm³/mol. The maximum atomic E-state index is 14.0. The van der Waals surface area contributed by atoms with Crippen LogP contribution in [0.25, 0.3) is 6.08 Å². The molecule has 3 aromatic carbocycles. The van der Waals surface area contributed by atoms with Crippen LogP contribution in [0.15, 0.2) is 87.8 Å². The van der Waals surface area contributed by atoms with E-state index in [2.05, 4.69) is 11.1 Å². The molecule has 1 atom stereocenters. The lowest BCUT2D eigenvalue weighted by Crippen LogP contribution is -2.40. The van der Waals surface area contributed by atoms with Gasteiger partial charge in [0.2, 0.25) is 0 Å². The number of allylic oxidation sites excluding steroid dienone is 1. The number of carbonyl (C=O) groups excluding carboxylic acids is 1. The smallest absolute Gasteiger partial charge is 0.338 e. The number of benzene rings is 3. The third-order valence-corrected chi connectivity index (χ3v) is 8.02. The summed E-state index contributed by atoms with van der Waals surface area (Å²) in [6, 6.07) is 21.4. The summed E-state index contributed by atoms with van der Waals surface area (Å²) in [4.78, 5) is 32.4. The molecule has 0 spiro atoms. The van der Waals surface area contributed by atoms with Crippen LogP contribution in [0, 0.1) is 11.3 Å². The van der Waals surface area contributed by atoms with Gasteiger partial charge in [-0.2, -0.15) is 5.26 Å². The number of carbonyl (C=O) groups is 1. The molecule has 0 N–H and O–H groups in total. The highest BCUT2D eigenvalue weighted by Crippen LogP contribution is 2.36. The molecule has 1 aromatic heterocycles. The Hall–Kier alpha value is -5.14. The quantitative estimate of drug-likeness (QED) is 0.241. The van der Waals surface area contributed by atoms with Gasteiger partial charge in [0.05, 0.1) is 47.8 Å². The van der Waals surface area contributed by atoms with E-state index < -0.39 is 12.0 Å². The topological polar surface area (TPSA) is 112 Å². The van der Waals surface area contributed by atoms with Gasteiger partial charge < -0.3 is 18.9 Å². The standard InChI is InChI=1S/C34H31N3O6S/c1-5-41-26-14-10-9-13-25(26)31-30(33(39)42-6-2)21(3)36-34-37(31)32(38)29(44-34)18-22-15-16-27(28(17-22)40-4)43-20-24-12-8-7-11-23(24)19-35/h7-18,31H,5-6,20H2,1-4H3/b29-18-/t31-/m0/s1. The number of nitriles is 1. The maximum Gasteiger partial charge on any atom is 0.338 e. The number of ether oxygens (including phenoxy) is 4. The molecule has 1 aliphatic heterocycles. The molecule has 0 saturated heterocycles.